The number of amides is 1. The van der Waals surface area contributed by atoms with E-state index in [1.54, 1.807) is 22.9 Å². The van der Waals surface area contributed by atoms with Gasteiger partial charge in [0.2, 0.25) is 5.82 Å². The van der Waals surface area contributed by atoms with Gasteiger partial charge in [-0.3, -0.25) is 4.79 Å². The van der Waals surface area contributed by atoms with Crippen molar-refractivity contribution in [1.82, 2.24) is 14.8 Å². The van der Waals surface area contributed by atoms with E-state index in [1.807, 2.05) is 62.4 Å². The predicted molar refractivity (Wildman–Crippen MR) is 121 cm³/mol. The summed E-state index contributed by atoms with van der Waals surface area (Å²) in [5.41, 5.74) is 4.01. The summed E-state index contributed by atoms with van der Waals surface area (Å²) < 4.78 is 1.63. The van der Waals surface area contributed by atoms with Gasteiger partial charge in [-0.05, 0) is 49.2 Å². The van der Waals surface area contributed by atoms with Crippen molar-refractivity contribution < 1.29 is 4.79 Å². The summed E-state index contributed by atoms with van der Waals surface area (Å²) in [4.78, 5) is 17.4. The van der Waals surface area contributed by atoms with Crippen molar-refractivity contribution in [3.63, 3.8) is 0 Å². The molecule has 0 atom stereocenters. The first-order valence-electron chi connectivity index (χ1n) is 9.29. The van der Waals surface area contributed by atoms with E-state index in [2.05, 4.69) is 15.4 Å². The second-order valence-electron chi connectivity index (χ2n) is 6.88. The topological polar surface area (TPSA) is 59.8 Å². The quantitative estimate of drug-likeness (QED) is 0.419. The highest BCUT2D eigenvalue weighted by atomic mass is 35.5. The van der Waals surface area contributed by atoms with Gasteiger partial charge in [-0.2, -0.15) is 0 Å². The molecule has 0 bridgehead atoms. The normalized spacial score (nSPS) is 10.8. The third kappa shape index (κ3) is 4.08. The number of rotatable bonds is 4. The molecule has 7 heteroatoms. The van der Waals surface area contributed by atoms with Crippen LogP contribution in [0.25, 0.3) is 17.1 Å². The van der Waals surface area contributed by atoms with Crippen LogP contribution in [0.15, 0.2) is 66.7 Å². The fraction of sp³-hybridized carbons (Fsp3) is 0.0870. The second kappa shape index (κ2) is 8.30. The standard InChI is InChI=1S/C23H18Cl2N4O/c1-14-9-11-18(13-19(14)25)29-22(16-6-4-3-5-7-16)27-21(28-29)23(30)26-20-12-17(24)10-8-15(20)2/h3-13H,1-2H3,(H,26,30). The van der Waals surface area contributed by atoms with Crippen molar-refractivity contribution in [2.45, 2.75) is 13.8 Å². The molecule has 1 amide bonds. The lowest BCUT2D eigenvalue weighted by molar-refractivity contribution is 0.101. The lowest BCUT2D eigenvalue weighted by atomic mass is 10.2. The summed E-state index contributed by atoms with van der Waals surface area (Å²) in [5.74, 6) is 0.169. The molecule has 0 aliphatic heterocycles. The van der Waals surface area contributed by atoms with Crippen molar-refractivity contribution in [3.05, 3.63) is 93.7 Å². The van der Waals surface area contributed by atoms with E-state index < -0.39 is 5.91 Å². The molecule has 150 valence electrons. The molecule has 1 aromatic heterocycles. The zero-order valence-corrected chi connectivity index (χ0v) is 17.9. The highest BCUT2D eigenvalue weighted by Gasteiger charge is 2.20. The van der Waals surface area contributed by atoms with Gasteiger partial charge >= 0.3 is 0 Å². The van der Waals surface area contributed by atoms with Crippen LogP contribution in [0.5, 0.6) is 0 Å². The molecule has 0 unspecified atom stereocenters. The molecule has 0 fully saturated rings. The fourth-order valence-electron chi connectivity index (χ4n) is 2.98. The van der Waals surface area contributed by atoms with Gasteiger partial charge in [-0.15, -0.1) is 5.10 Å². The maximum Gasteiger partial charge on any atom is 0.295 e. The maximum atomic E-state index is 12.9. The number of halogens is 2. The van der Waals surface area contributed by atoms with Crippen molar-refractivity contribution in [1.29, 1.82) is 0 Å². The van der Waals surface area contributed by atoms with Crippen LogP contribution in [0.4, 0.5) is 5.69 Å². The number of nitrogens with one attached hydrogen (secondary N) is 1. The zero-order chi connectivity index (χ0) is 21.3. The van der Waals surface area contributed by atoms with E-state index in [4.69, 9.17) is 23.2 Å². The van der Waals surface area contributed by atoms with Gasteiger partial charge in [-0.25, -0.2) is 9.67 Å². The maximum absolute atomic E-state index is 12.9. The number of carbonyl (C=O) groups excluding carboxylic acids is 1. The van der Waals surface area contributed by atoms with Gasteiger partial charge < -0.3 is 5.32 Å². The Hall–Kier alpha value is -3.15. The van der Waals surface area contributed by atoms with Crippen LogP contribution in [0, 0.1) is 13.8 Å². The van der Waals surface area contributed by atoms with Crippen LogP contribution in [-0.4, -0.2) is 20.7 Å². The SMILES string of the molecule is Cc1ccc(-n2nc(C(=O)Nc3cc(Cl)ccc3C)nc2-c2ccccc2)cc1Cl. The lowest BCUT2D eigenvalue weighted by Gasteiger charge is -2.07. The minimum absolute atomic E-state index is 0.0462. The Kier molecular flexibility index (Phi) is 5.57. The molecule has 0 spiro atoms. The summed E-state index contributed by atoms with van der Waals surface area (Å²) >= 11 is 12.4. The monoisotopic (exact) mass is 436 g/mol. The number of carbonyl (C=O) groups is 1. The number of aromatic nitrogens is 3. The van der Waals surface area contributed by atoms with E-state index in [9.17, 15) is 4.79 Å². The molecule has 4 aromatic rings. The Morgan fingerprint density at radius 3 is 2.40 bits per heavy atom. The van der Waals surface area contributed by atoms with E-state index >= 15 is 0 Å². The van der Waals surface area contributed by atoms with Crippen molar-refractivity contribution in [3.8, 4) is 17.1 Å². The van der Waals surface area contributed by atoms with Crippen LogP contribution in [-0.2, 0) is 0 Å². The minimum atomic E-state index is -0.422. The third-order valence-corrected chi connectivity index (χ3v) is 5.33. The van der Waals surface area contributed by atoms with E-state index in [0.717, 1.165) is 22.4 Å². The fourth-order valence-corrected chi connectivity index (χ4v) is 3.33. The van der Waals surface area contributed by atoms with E-state index in [1.165, 1.54) is 0 Å². The Morgan fingerprint density at radius 2 is 1.67 bits per heavy atom. The van der Waals surface area contributed by atoms with Crippen LogP contribution in [0.1, 0.15) is 21.7 Å². The smallest absolute Gasteiger partial charge is 0.295 e. The molecule has 30 heavy (non-hydrogen) atoms. The number of benzene rings is 3. The largest absolute Gasteiger partial charge is 0.319 e. The van der Waals surface area contributed by atoms with Crippen LogP contribution in [0.3, 0.4) is 0 Å². The number of hydrogen-bond donors (Lipinski definition) is 1. The predicted octanol–water partition coefficient (Wildman–Crippen LogP) is 6.11. The highest BCUT2D eigenvalue weighted by Crippen LogP contribution is 2.25. The van der Waals surface area contributed by atoms with Crippen molar-refractivity contribution in [2.75, 3.05) is 5.32 Å². The Morgan fingerprint density at radius 1 is 0.933 bits per heavy atom. The third-order valence-electron chi connectivity index (χ3n) is 4.69. The first-order chi connectivity index (χ1) is 14.4. The molecule has 0 saturated carbocycles. The number of nitrogens with zero attached hydrogens (tertiary/aromatic N) is 3. The first kappa shape index (κ1) is 20.1. The lowest BCUT2D eigenvalue weighted by Crippen LogP contribution is -2.15. The van der Waals surface area contributed by atoms with Gasteiger partial charge in [0, 0.05) is 21.3 Å². The average molecular weight is 437 g/mol. The molecule has 0 aliphatic rings. The van der Waals surface area contributed by atoms with Gasteiger partial charge in [0.25, 0.3) is 5.91 Å². The summed E-state index contributed by atoms with van der Waals surface area (Å²) in [7, 11) is 0. The van der Waals surface area contributed by atoms with Crippen LogP contribution in [0.2, 0.25) is 10.0 Å². The molecule has 1 N–H and O–H groups in total. The molecule has 3 aromatic carbocycles. The molecular formula is C23H18Cl2N4O. The van der Waals surface area contributed by atoms with Gasteiger partial charge in [-0.1, -0.05) is 65.7 Å². The van der Waals surface area contributed by atoms with E-state index in [0.29, 0.717) is 21.6 Å². The van der Waals surface area contributed by atoms with Crippen molar-refractivity contribution in [2.24, 2.45) is 0 Å². The molecule has 5 nitrogen and oxygen atoms in total. The molecule has 0 radical (unpaired) electrons. The van der Waals surface area contributed by atoms with Gasteiger partial charge in [0.05, 0.1) is 5.69 Å². The van der Waals surface area contributed by atoms with E-state index in [-0.39, 0.29) is 5.82 Å². The molecule has 4 rings (SSSR count). The number of hydrogen-bond acceptors (Lipinski definition) is 3. The molecule has 0 saturated heterocycles. The summed E-state index contributed by atoms with van der Waals surface area (Å²) in [6.45, 7) is 3.82. The molecule has 0 aliphatic carbocycles. The Bertz CT molecular complexity index is 1240. The van der Waals surface area contributed by atoms with Gasteiger partial charge in [0.15, 0.2) is 5.82 Å². The summed E-state index contributed by atoms with van der Waals surface area (Å²) in [6, 6.07) is 20.5. The molecule has 1 heterocycles. The first-order valence-corrected chi connectivity index (χ1v) is 10.0. The zero-order valence-electron chi connectivity index (χ0n) is 16.4. The Balaban J connectivity index is 1.78. The second-order valence-corrected chi connectivity index (χ2v) is 7.73. The number of anilines is 1. The highest BCUT2D eigenvalue weighted by molar-refractivity contribution is 6.31. The Labute approximate surface area is 184 Å². The summed E-state index contributed by atoms with van der Waals surface area (Å²) in [6.07, 6.45) is 0. The number of aryl methyl sites for hydroxylation is 2. The molecular weight excluding hydrogens is 419 g/mol. The van der Waals surface area contributed by atoms with Crippen molar-refractivity contribution >= 4 is 34.8 Å². The van der Waals surface area contributed by atoms with Crippen LogP contribution >= 0.6 is 23.2 Å². The minimum Gasteiger partial charge on any atom is -0.319 e. The van der Waals surface area contributed by atoms with Crippen LogP contribution < -0.4 is 5.32 Å². The average Bonchev–Trinajstić information content (AvgIpc) is 3.19. The van der Waals surface area contributed by atoms with Gasteiger partial charge in [0.1, 0.15) is 0 Å². The summed E-state index contributed by atoms with van der Waals surface area (Å²) in [5, 5.41) is 8.47.